The van der Waals surface area contributed by atoms with Crippen molar-refractivity contribution in [2.45, 2.75) is 39.0 Å². The highest BCUT2D eigenvalue weighted by molar-refractivity contribution is 5.94. The minimum absolute atomic E-state index is 0.202. The molecular weight excluding hydrogens is 420 g/mol. The largest absolute Gasteiger partial charge is 0.496 e. The molecule has 1 aromatic heterocycles. The molecule has 0 radical (unpaired) electrons. The SMILES string of the molecule is COc1ccc(CC(OC(C)C)C(=O)O)cc1CNC(=O)c1ccc(-c2ccccn2)cc1. The highest BCUT2D eigenvalue weighted by atomic mass is 16.5. The Bertz CT molecular complexity index is 1080. The van der Waals surface area contributed by atoms with Crippen molar-refractivity contribution >= 4 is 11.9 Å². The van der Waals surface area contributed by atoms with Gasteiger partial charge in [-0.2, -0.15) is 0 Å². The second kappa shape index (κ2) is 11.2. The quantitative estimate of drug-likeness (QED) is 0.484. The molecule has 1 heterocycles. The average molecular weight is 449 g/mol. The number of methoxy groups -OCH3 is 1. The number of hydrogen-bond acceptors (Lipinski definition) is 5. The van der Waals surface area contributed by atoms with Gasteiger partial charge in [0.15, 0.2) is 6.10 Å². The molecule has 1 atom stereocenters. The van der Waals surface area contributed by atoms with Crippen LogP contribution in [0.2, 0.25) is 0 Å². The van der Waals surface area contributed by atoms with E-state index in [1.165, 1.54) is 0 Å². The number of ether oxygens (including phenoxy) is 2. The summed E-state index contributed by atoms with van der Waals surface area (Å²) in [5, 5.41) is 12.3. The third-order valence-corrected chi connectivity index (χ3v) is 5.02. The van der Waals surface area contributed by atoms with Crippen LogP contribution in [0.1, 0.15) is 35.3 Å². The van der Waals surface area contributed by atoms with Gasteiger partial charge in [0.2, 0.25) is 0 Å². The Hall–Kier alpha value is -3.71. The van der Waals surface area contributed by atoms with E-state index in [1.54, 1.807) is 51.4 Å². The van der Waals surface area contributed by atoms with Gasteiger partial charge in [-0.1, -0.05) is 30.3 Å². The lowest BCUT2D eigenvalue weighted by atomic mass is 10.0. The number of carbonyl (C=O) groups is 2. The number of aliphatic carboxylic acids is 1. The Morgan fingerprint density at radius 1 is 1.06 bits per heavy atom. The number of benzene rings is 2. The van der Waals surface area contributed by atoms with Gasteiger partial charge in [0.25, 0.3) is 5.91 Å². The third kappa shape index (κ3) is 6.63. The Morgan fingerprint density at radius 3 is 2.42 bits per heavy atom. The Balaban J connectivity index is 1.69. The summed E-state index contributed by atoms with van der Waals surface area (Å²) in [4.78, 5) is 28.5. The van der Waals surface area contributed by atoms with Gasteiger partial charge < -0.3 is 19.9 Å². The topological polar surface area (TPSA) is 97.8 Å². The lowest BCUT2D eigenvalue weighted by Crippen LogP contribution is -2.29. The summed E-state index contributed by atoms with van der Waals surface area (Å²) in [5.41, 5.74) is 3.83. The Morgan fingerprint density at radius 2 is 1.82 bits per heavy atom. The zero-order valence-corrected chi connectivity index (χ0v) is 18.9. The van der Waals surface area contributed by atoms with Gasteiger partial charge in [-0.05, 0) is 49.7 Å². The third-order valence-electron chi connectivity index (χ3n) is 5.02. The van der Waals surface area contributed by atoms with E-state index in [2.05, 4.69) is 10.3 Å². The first kappa shape index (κ1) is 23.9. The number of amides is 1. The van der Waals surface area contributed by atoms with E-state index in [0.29, 0.717) is 11.3 Å². The molecular formula is C26H28N2O5. The number of nitrogens with zero attached hydrogens (tertiary/aromatic N) is 1. The van der Waals surface area contributed by atoms with E-state index in [0.717, 1.165) is 22.4 Å². The molecule has 0 bridgehead atoms. The number of aromatic nitrogens is 1. The van der Waals surface area contributed by atoms with Gasteiger partial charge in [0, 0.05) is 35.9 Å². The van der Waals surface area contributed by atoms with E-state index in [4.69, 9.17) is 9.47 Å². The summed E-state index contributed by atoms with van der Waals surface area (Å²) in [7, 11) is 1.55. The molecule has 7 nitrogen and oxygen atoms in total. The molecule has 1 amide bonds. The van der Waals surface area contributed by atoms with Crippen molar-refractivity contribution < 1.29 is 24.2 Å². The fraction of sp³-hybridized carbons (Fsp3) is 0.269. The van der Waals surface area contributed by atoms with E-state index >= 15 is 0 Å². The van der Waals surface area contributed by atoms with Crippen LogP contribution in [0.4, 0.5) is 0 Å². The number of pyridine rings is 1. The fourth-order valence-electron chi connectivity index (χ4n) is 3.44. The summed E-state index contributed by atoms with van der Waals surface area (Å²) in [6.45, 7) is 3.84. The summed E-state index contributed by atoms with van der Waals surface area (Å²) >= 11 is 0. The van der Waals surface area contributed by atoms with E-state index < -0.39 is 12.1 Å². The van der Waals surface area contributed by atoms with Crippen LogP contribution in [0.3, 0.4) is 0 Å². The molecule has 2 N–H and O–H groups in total. The monoisotopic (exact) mass is 448 g/mol. The summed E-state index contributed by atoms with van der Waals surface area (Å²) in [6.07, 6.45) is 0.795. The summed E-state index contributed by atoms with van der Waals surface area (Å²) < 4.78 is 10.9. The smallest absolute Gasteiger partial charge is 0.333 e. The molecule has 0 saturated heterocycles. The normalized spacial score (nSPS) is 11.8. The summed E-state index contributed by atoms with van der Waals surface area (Å²) in [5.74, 6) is -0.619. The van der Waals surface area contributed by atoms with Crippen molar-refractivity contribution in [2.75, 3.05) is 7.11 Å². The van der Waals surface area contributed by atoms with Crippen molar-refractivity contribution in [1.29, 1.82) is 0 Å². The lowest BCUT2D eigenvalue weighted by Gasteiger charge is -2.18. The highest BCUT2D eigenvalue weighted by Crippen LogP contribution is 2.22. The second-order valence-corrected chi connectivity index (χ2v) is 7.84. The van der Waals surface area contributed by atoms with Gasteiger partial charge in [-0.25, -0.2) is 4.79 Å². The van der Waals surface area contributed by atoms with Crippen molar-refractivity contribution in [2.24, 2.45) is 0 Å². The molecule has 0 fully saturated rings. The van der Waals surface area contributed by atoms with Crippen LogP contribution in [-0.4, -0.2) is 41.3 Å². The molecule has 7 heteroatoms. The molecule has 3 aromatic rings. The Labute approximate surface area is 193 Å². The first-order valence-electron chi connectivity index (χ1n) is 10.7. The molecule has 0 aliphatic carbocycles. The summed E-state index contributed by atoms with van der Waals surface area (Å²) in [6, 6.07) is 18.3. The first-order chi connectivity index (χ1) is 15.9. The van der Waals surface area contributed by atoms with Crippen molar-refractivity contribution in [3.05, 3.63) is 83.6 Å². The maximum absolute atomic E-state index is 12.7. The Kier molecular flexibility index (Phi) is 8.16. The van der Waals surface area contributed by atoms with Crippen LogP contribution >= 0.6 is 0 Å². The van der Waals surface area contributed by atoms with Crippen molar-refractivity contribution in [1.82, 2.24) is 10.3 Å². The maximum Gasteiger partial charge on any atom is 0.333 e. The number of rotatable bonds is 10. The molecule has 0 spiro atoms. The molecule has 172 valence electrons. The van der Waals surface area contributed by atoms with Gasteiger partial charge in [0.05, 0.1) is 18.9 Å². The maximum atomic E-state index is 12.7. The molecule has 0 aliphatic heterocycles. The number of carboxylic acid groups (broad SMARTS) is 1. The average Bonchev–Trinajstić information content (AvgIpc) is 2.82. The minimum atomic E-state index is -1.01. The standard InChI is InChI=1S/C26H28N2O5/c1-17(2)33-24(26(30)31)15-18-7-12-23(32-3)21(14-18)16-28-25(29)20-10-8-19(9-11-20)22-6-4-5-13-27-22/h4-14,17,24H,15-16H2,1-3H3,(H,28,29)(H,30,31). The predicted molar refractivity (Wildman–Crippen MR) is 125 cm³/mol. The van der Waals surface area contributed by atoms with E-state index in [9.17, 15) is 14.7 Å². The lowest BCUT2D eigenvalue weighted by molar-refractivity contribution is -0.153. The molecule has 33 heavy (non-hydrogen) atoms. The zero-order valence-electron chi connectivity index (χ0n) is 18.9. The van der Waals surface area contributed by atoms with Crippen LogP contribution in [0.15, 0.2) is 66.9 Å². The fourth-order valence-corrected chi connectivity index (χ4v) is 3.44. The van der Waals surface area contributed by atoms with Crippen LogP contribution in [0.5, 0.6) is 5.75 Å². The predicted octanol–water partition coefficient (Wildman–Crippen LogP) is 4.11. The molecule has 0 saturated carbocycles. The molecule has 0 aliphatic rings. The molecule has 2 aromatic carbocycles. The van der Waals surface area contributed by atoms with Crippen LogP contribution in [0, 0.1) is 0 Å². The second-order valence-electron chi connectivity index (χ2n) is 7.84. The van der Waals surface area contributed by atoms with E-state index in [-0.39, 0.29) is 25.0 Å². The first-order valence-corrected chi connectivity index (χ1v) is 10.7. The van der Waals surface area contributed by atoms with Gasteiger partial charge in [0.1, 0.15) is 5.75 Å². The number of hydrogen-bond donors (Lipinski definition) is 2. The molecule has 3 rings (SSSR count). The van der Waals surface area contributed by atoms with Crippen molar-refractivity contribution in [3.8, 4) is 17.0 Å². The van der Waals surface area contributed by atoms with Crippen LogP contribution in [-0.2, 0) is 22.5 Å². The van der Waals surface area contributed by atoms with Gasteiger partial charge in [-0.15, -0.1) is 0 Å². The number of carbonyl (C=O) groups excluding carboxylic acids is 1. The van der Waals surface area contributed by atoms with Crippen LogP contribution in [0.25, 0.3) is 11.3 Å². The highest BCUT2D eigenvalue weighted by Gasteiger charge is 2.21. The van der Waals surface area contributed by atoms with Gasteiger partial charge >= 0.3 is 5.97 Å². The zero-order chi connectivity index (χ0) is 23.8. The number of carboxylic acids is 1. The minimum Gasteiger partial charge on any atom is -0.496 e. The van der Waals surface area contributed by atoms with Gasteiger partial charge in [-0.3, -0.25) is 9.78 Å². The van der Waals surface area contributed by atoms with Crippen molar-refractivity contribution in [3.63, 3.8) is 0 Å². The number of nitrogens with one attached hydrogen (secondary N) is 1. The molecule has 1 unspecified atom stereocenters. The van der Waals surface area contributed by atoms with E-state index in [1.807, 2.05) is 36.4 Å². The van der Waals surface area contributed by atoms with Crippen LogP contribution < -0.4 is 10.1 Å².